The van der Waals surface area contributed by atoms with Gasteiger partial charge in [0.15, 0.2) is 5.60 Å². The molecule has 2 saturated heterocycles. The summed E-state index contributed by atoms with van der Waals surface area (Å²) < 4.78 is 11.2. The van der Waals surface area contributed by atoms with Crippen molar-refractivity contribution in [3.8, 4) is 0 Å². The van der Waals surface area contributed by atoms with Crippen molar-refractivity contribution in [3.05, 3.63) is 24.3 Å². The van der Waals surface area contributed by atoms with Crippen molar-refractivity contribution < 1.29 is 14.3 Å². The Labute approximate surface area is 107 Å². The molecule has 1 spiro atoms. The predicted molar refractivity (Wildman–Crippen MR) is 65.8 cm³/mol. The zero-order valence-corrected chi connectivity index (χ0v) is 10.5. The SMILES string of the molecule is C=C1CC[C@H]2C(=C)CC[C@@H]3[C@H](OC(=O)[C@@]34CO4)[C@@H]12. The molecule has 3 nitrogen and oxygen atoms in total. The van der Waals surface area contributed by atoms with E-state index in [0.717, 1.165) is 25.7 Å². The molecular weight excluding hydrogens is 228 g/mol. The first kappa shape index (κ1) is 10.8. The van der Waals surface area contributed by atoms with Crippen molar-refractivity contribution >= 4 is 5.97 Å². The summed E-state index contributed by atoms with van der Waals surface area (Å²) in [5.41, 5.74) is 1.96. The van der Waals surface area contributed by atoms with Gasteiger partial charge < -0.3 is 9.47 Å². The van der Waals surface area contributed by atoms with E-state index in [1.165, 1.54) is 11.1 Å². The van der Waals surface area contributed by atoms with Crippen LogP contribution < -0.4 is 0 Å². The van der Waals surface area contributed by atoms with Gasteiger partial charge in [0, 0.05) is 11.8 Å². The van der Waals surface area contributed by atoms with Gasteiger partial charge in [-0.1, -0.05) is 24.3 Å². The van der Waals surface area contributed by atoms with Crippen molar-refractivity contribution in [2.45, 2.75) is 37.4 Å². The van der Waals surface area contributed by atoms with Crippen LogP contribution in [0, 0.1) is 17.8 Å². The Morgan fingerprint density at radius 3 is 2.61 bits per heavy atom. The molecule has 0 bridgehead atoms. The summed E-state index contributed by atoms with van der Waals surface area (Å²) in [5.74, 6) is 0.835. The normalized spacial score (nSPS) is 49.9. The largest absolute Gasteiger partial charge is 0.459 e. The lowest BCUT2D eigenvalue weighted by Crippen LogP contribution is -2.32. The molecule has 18 heavy (non-hydrogen) atoms. The smallest absolute Gasteiger partial charge is 0.341 e. The molecule has 0 aromatic rings. The van der Waals surface area contributed by atoms with Crippen molar-refractivity contribution in [3.63, 3.8) is 0 Å². The number of epoxide rings is 1. The molecule has 0 radical (unpaired) electrons. The highest BCUT2D eigenvalue weighted by Crippen LogP contribution is 2.57. The molecule has 0 unspecified atom stereocenters. The van der Waals surface area contributed by atoms with E-state index in [1.807, 2.05) is 0 Å². The summed E-state index contributed by atoms with van der Waals surface area (Å²) >= 11 is 0. The van der Waals surface area contributed by atoms with Crippen LogP contribution in [0.15, 0.2) is 24.3 Å². The molecule has 4 rings (SSSR count). The van der Waals surface area contributed by atoms with Gasteiger partial charge >= 0.3 is 5.97 Å². The molecule has 3 heteroatoms. The average Bonchev–Trinajstić information content (AvgIpc) is 3.00. The topological polar surface area (TPSA) is 38.8 Å². The van der Waals surface area contributed by atoms with E-state index < -0.39 is 5.60 Å². The van der Waals surface area contributed by atoms with Crippen LogP contribution in [0.4, 0.5) is 0 Å². The second-order valence-electron chi connectivity index (χ2n) is 6.18. The van der Waals surface area contributed by atoms with E-state index in [1.54, 1.807) is 0 Å². The van der Waals surface area contributed by atoms with Gasteiger partial charge in [0.2, 0.25) is 0 Å². The third kappa shape index (κ3) is 1.16. The summed E-state index contributed by atoms with van der Waals surface area (Å²) in [6, 6.07) is 0. The molecule has 0 N–H and O–H groups in total. The fourth-order valence-electron chi connectivity index (χ4n) is 4.27. The van der Waals surface area contributed by atoms with Gasteiger partial charge in [0.1, 0.15) is 6.10 Å². The summed E-state index contributed by atoms with van der Waals surface area (Å²) in [7, 11) is 0. The van der Waals surface area contributed by atoms with E-state index in [4.69, 9.17) is 9.47 Å². The minimum Gasteiger partial charge on any atom is -0.459 e. The fraction of sp³-hybridized carbons (Fsp3) is 0.667. The standard InChI is InChI=1S/C15H18O3/c1-8-4-6-11-13(12-9(2)3-5-10(8)12)18-14(16)15(11)7-17-15/h10-13H,1-7H2/t10-,11+,12-,13-,15+/m0/s1. The van der Waals surface area contributed by atoms with Crippen molar-refractivity contribution in [1.82, 2.24) is 0 Å². The minimum absolute atomic E-state index is 0.0146. The molecule has 96 valence electrons. The number of carbonyl (C=O) groups excluding carboxylic acids is 1. The molecule has 0 aromatic carbocycles. The van der Waals surface area contributed by atoms with Gasteiger partial charge in [0.05, 0.1) is 6.61 Å². The van der Waals surface area contributed by atoms with Crippen LogP contribution in [0.25, 0.3) is 0 Å². The summed E-state index contributed by atoms with van der Waals surface area (Å²) in [5, 5.41) is 0. The highest BCUT2D eigenvalue weighted by atomic mass is 16.7. The number of hydrogen-bond acceptors (Lipinski definition) is 3. The van der Waals surface area contributed by atoms with Gasteiger partial charge in [-0.05, 0) is 31.6 Å². The first-order valence-corrected chi connectivity index (χ1v) is 6.84. The van der Waals surface area contributed by atoms with Gasteiger partial charge in [-0.25, -0.2) is 4.79 Å². The van der Waals surface area contributed by atoms with Gasteiger partial charge in [-0.2, -0.15) is 0 Å². The summed E-state index contributed by atoms with van der Waals surface area (Å²) in [6.07, 6.45) is 4.12. The third-order valence-electron chi connectivity index (χ3n) is 5.38. The van der Waals surface area contributed by atoms with Gasteiger partial charge in [0.25, 0.3) is 0 Å². The number of esters is 1. The maximum atomic E-state index is 12.0. The number of carbonyl (C=O) groups is 1. The number of rotatable bonds is 0. The highest BCUT2D eigenvalue weighted by Gasteiger charge is 2.69. The third-order valence-corrected chi connectivity index (χ3v) is 5.38. The van der Waals surface area contributed by atoms with Crippen molar-refractivity contribution in [2.24, 2.45) is 17.8 Å². The maximum absolute atomic E-state index is 12.0. The molecule has 2 saturated carbocycles. The molecule has 2 heterocycles. The lowest BCUT2D eigenvalue weighted by atomic mass is 9.80. The first-order chi connectivity index (χ1) is 8.63. The second kappa shape index (κ2) is 3.27. The lowest BCUT2D eigenvalue weighted by molar-refractivity contribution is -0.146. The lowest BCUT2D eigenvalue weighted by Gasteiger charge is -2.26. The van der Waals surface area contributed by atoms with Crippen LogP contribution in [0.2, 0.25) is 0 Å². The van der Waals surface area contributed by atoms with E-state index in [-0.39, 0.29) is 23.9 Å². The quantitative estimate of drug-likeness (QED) is 0.374. The van der Waals surface area contributed by atoms with Crippen LogP contribution in [0.1, 0.15) is 25.7 Å². The molecule has 0 amide bonds. The van der Waals surface area contributed by atoms with E-state index in [9.17, 15) is 4.79 Å². The molecule has 2 aliphatic carbocycles. The van der Waals surface area contributed by atoms with E-state index >= 15 is 0 Å². The van der Waals surface area contributed by atoms with E-state index in [2.05, 4.69) is 13.2 Å². The average molecular weight is 246 g/mol. The predicted octanol–water partition coefficient (Wildman–Crippen LogP) is 2.23. The van der Waals surface area contributed by atoms with Crippen LogP contribution in [-0.2, 0) is 14.3 Å². The van der Waals surface area contributed by atoms with Crippen molar-refractivity contribution in [2.75, 3.05) is 6.61 Å². The zero-order valence-electron chi connectivity index (χ0n) is 10.5. The number of allylic oxidation sites excluding steroid dienone is 1. The second-order valence-corrected chi connectivity index (χ2v) is 6.18. The van der Waals surface area contributed by atoms with Crippen LogP contribution in [0.3, 0.4) is 0 Å². The molecule has 2 aliphatic heterocycles. The van der Waals surface area contributed by atoms with Gasteiger partial charge in [-0.3, -0.25) is 0 Å². The highest BCUT2D eigenvalue weighted by molar-refractivity contribution is 5.85. The van der Waals surface area contributed by atoms with Crippen LogP contribution in [-0.4, -0.2) is 24.3 Å². The van der Waals surface area contributed by atoms with Gasteiger partial charge in [-0.15, -0.1) is 0 Å². The maximum Gasteiger partial charge on any atom is 0.341 e. The molecule has 4 fully saturated rings. The monoisotopic (exact) mass is 246 g/mol. The Kier molecular flexibility index (Phi) is 1.96. The van der Waals surface area contributed by atoms with Crippen LogP contribution >= 0.6 is 0 Å². The molecular formula is C15H18O3. The Balaban J connectivity index is 1.76. The Hall–Kier alpha value is -1.09. The molecule has 5 atom stereocenters. The van der Waals surface area contributed by atoms with Crippen LogP contribution in [0.5, 0.6) is 0 Å². The minimum atomic E-state index is -0.595. The fourth-order valence-corrected chi connectivity index (χ4v) is 4.27. The summed E-state index contributed by atoms with van der Waals surface area (Å²) in [6.45, 7) is 8.98. The zero-order chi connectivity index (χ0) is 12.5. The Bertz CT molecular complexity index is 460. The molecule has 0 aromatic heterocycles. The Morgan fingerprint density at radius 1 is 1.17 bits per heavy atom. The molecule has 4 aliphatic rings. The number of hydrogen-bond donors (Lipinski definition) is 0. The first-order valence-electron chi connectivity index (χ1n) is 6.84. The number of ether oxygens (including phenoxy) is 2. The number of fused-ring (bicyclic) bond motifs is 4. The summed E-state index contributed by atoms with van der Waals surface area (Å²) in [4.78, 5) is 12.0. The van der Waals surface area contributed by atoms with E-state index in [0.29, 0.717) is 12.5 Å². The Morgan fingerprint density at radius 2 is 1.89 bits per heavy atom. The van der Waals surface area contributed by atoms with Crippen molar-refractivity contribution in [1.29, 1.82) is 0 Å².